The molecule has 0 saturated heterocycles. The summed E-state index contributed by atoms with van der Waals surface area (Å²) in [6.45, 7) is 4.33. The fraction of sp³-hybridized carbons (Fsp3) is 0.350. The largest absolute Gasteiger partial charge is 0.493 e. The first-order valence-corrected chi connectivity index (χ1v) is 8.82. The summed E-state index contributed by atoms with van der Waals surface area (Å²) in [5.41, 5.74) is 2.52. The smallest absolute Gasteiger partial charge is 0.241 e. The number of rotatable bonds is 7. The average Bonchev–Trinajstić information content (AvgIpc) is 2.65. The Hall–Kier alpha value is -2.31. The first kappa shape index (κ1) is 21.0. The van der Waals surface area contributed by atoms with Crippen molar-refractivity contribution in [1.82, 2.24) is 4.90 Å². The van der Waals surface area contributed by atoms with Crippen LogP contribution in [0.3, 0.4) is 0 Å². The van der Waals surface area contributed by atoms with Gasteiger partial charge in [-0.3, -0.25) is 9.69 Å². The molecule has 0 aliphatic heterocycles. The second kappa shape index (κ2) is 9.06. The number of hydrogen-bond acceptors (Lipinski definition) is 4. The first-order chi connectivity index (χ1) is 12.8. The number of anilines is 1. The maximum Gasteiger partial charge on any atom is 0.241 e. The molecule has 0 aliphatic carbocycles. The fourth-order valence-electron chi connectivity index (χ4n) is 2.62. The van der Waals surface area contributed by atoms with Crippen molar-refractivity contribution >= 4 is 23.2 Å². The number of carbonyl (C=O) groups is 1. The minimum atomic E-state index is -0.524. The van der Waals surface area contributed by atoms with Gasteiger partial charge in [-0.1, -0.05) is 11.6 Å². The molecular formula is C20H24ClFN2O3. The molecule has 0 radical (unpaired) electrons. The highest BCUT2D eigenvalue weighted by molar-refractivity contribution is 6.31. The van der Waals surface area contributed by atoms with E-state index in [9.17, 15) is 9.18 Å². The van der Waals surface area contributed by atoms with Crippen LogP contribution in [0, 0.1) is 12.7 Å². The number of benzene rings is 2. The van der Waals surface area contributed by atoms with Gasteiger partial charge >= 0.3 is 0 Å². The van der Waals surface area contributed by atoms with E-state index in [4.69, 9.17) is 21.1 Å². The molecule has 5 nitrogen and oxygen atoms in total. The quantitative estimate of drug-likeness (QED) is 0.762. The van der Waals surface area contributed by atoms with Gasteiger partial charge in [0.05, 0.1) is 25.3 Å². The van der Waals surface area contributed by atoms with Crippen molar-refractivity contribution < 1.29 is 18.7 Å². The van der Waals surface area contributed by atoms with Gasteiger partial charge in [0.15, 0.2) is 11.5 Å². The van der Waals surface area contributed by atoms with E-state index in [0.717, 1.165) is 11.1 Å². The van der Waals surface area contributed by atoms with E-state index in [1.54, 1.807) is 21.1 Å². The predicted octanol–water partition coefficient (Wildman–Crippen LogP) is 4.26. The molecule has 146 valence electrons. The molecule has 27 heavy (non-hydrogen) atoms. The zero-order chi connectivity index (χ0) is 20.1. The van der Waals surface area contributed by atoms with Crippen molar-refractivity contribution in [2.24, 2.45) is 0 Å². The number of likely N-dealkylation sites (N-methyl/N-ethyl adjacent to an activating group) is 1. The Bertz CT molecular complexity index is 829. The molecule has 1 atom stereocenters. The van der Waals surface area contributed by atoms with Crippen molar-refractivity contribution in [3.63, 3.8) is 0 Å². The van der Waals surface area contributed by atoms with Gasteiger partial charge in [-0.05, 0) is 62.4 Å². The molecule has 7 heteroatoms. The Morgan fingerprint density at radius 1 is 1.22 bits per heavy atom. The van der Waals surface area contributed by atoms with E-state index < -0.39 is 11.9 Å². The molecule has 2 rings (SSSR count). The number of halogens is 2. The van der Waals surface area contributed by atoms with Gasteiger partial charge in [0, 0.05) is 12.2 Å². The van der Waals surface area contributed by atoms with Gasteiger partial charge < -0.3 is 14.8 Å². The van der Waals surface area contributed by atoms with Gasteiger partial charge in [0.2, 0.25) is 5.91 Å². The Balaban J connectivity index is 2.09. The Morgan fingerprint density at radius 2 is 1.85 bits per heavy atom. The van der Waals surface area contributed by atoms with E-state index in [0.29, 0.717) is 23.7 Å². The number of carbonyl (C=O) groups excluding carboxylic acids is 1. The molecule has 0 unspecified atom stereocenters. The topological polar surface area (TPSA) is 50.8 Å². The molecule has 0 spiro atoms. The van der Waals surface area contributed by atoms with E-state index in [2.05, 4.69) is 5.32 Å². The molecule has 1 amide bonds. The van der Waals surface area contributed by atoms with Crippen molar-refractivity contribution in [3.8, 4) is 11.5 Å². The highest BCUT2D eigenvalue weighted by Crippen LogP contribution is 2.31. The van der Waals surface area contributed by atoms with Crippen LogP contribution in [0.15, 0.2) is 30.3 Å². The van der Waals surface area contributed by atoms with E-state index in [1.165, 1.54) is 18.2 Å². The molecular weight excluding hydrogens is 371 g/mol. The zero-order valence-electron chi connectivity index (χ0n) is 16.1. The molecule has 0 aliphatic rings. The average molecular weight is 395 g/mol. The number of nitrogens with one attached hydrogen (secondary N) is 1. The summed E-state index contributed by atoms with van der Waals surface area (Å²) in [5, 5.41) is 2.72. The van der Waals surface area contributed by atoms with Crippen LogP contribution in [0.5, 0.6) is 11.5 Å². The van der Waals surface area contributed by atoms with Crippen LogP contribution in [0.25, 0.3) is 0 Å². The Labute approximate surface area is 164 Å². The van der Waals surface area contributed by atoms with Crippen LogP contribution in [0.2, 0.25) is 5.02 Å². The number of nitrogens with zero attached hydrogens (tertiary/aromatic N) is 1. The van der Waals surface area contributed by atoms with Gasteiger partial charge in [-0.25, -0.2) is 4.39 Å². The second-order valence-corrected chi connectivity index (χ2v) is 6.75. The SMILES string of the molecule is COc1cc(C)c(CN(C)[C@H](C)C(=O)Nc2ccc(F)c(Cl)c2)cc1OC. The Kier molecular flexibility index (Phi) is 7.05. The third kappa shape index (κ3) is 5.11. The van der Waals surface area contributed by atoms with Crippen molar-refractivity contribution in [3.05, 3.63) is 52.3 Å². The van der Waals surface area contributed by atoms with E-state index >= 15 is 0 Å². The first-order valence-electron chi connectivity index (χ1n) is 8.44. The second-order valence-electron chi connectivity index (χ2n) is 6.34. The molecule has 2 aromatic carbocycles. The summed E-state index contributed by atoms with van der Waals surface area (Å²) in [4.78, 5) is 14.4. The number of aryl methyl sites for hydroxylation is 1. The maximum absolute atomic E-state index is 13.2. The third-order valence-electron chi connectivity index (χ3n) is 4.49. The minimum Gasteiger partial charge on any atom is -0.493 e. The fourth-order valence-corrected chi connectivity index (χ4v) is 2.80. The Morgan fingerprint density at radius 3 is 2.44 bits per heavy atom. The van der Waals surface area contributed by atoms with E-state index in [-0.39, 0.29) is 10.9 Å². The summed E-state index contributed by atoms with van der Waals surface area (Å²) < 4.78 is 23.9. The monoisotopic (exact) mass is 394 g/mol. The number of methoxy groups -OCH3 is 2. The molecule has 0 saturated carbocycles. The van der Waals surface area contributed by atoms with Gasteiger partial charge in [0.1, 0.15) is 5.82 Å². The minimum absolute atomic E-state index is 0.0326. The lowest BCUT2D eigenvalue weighted by atomic mass is 10.1. The standard InChI is InChI=1S/C20H24ClFN2O3/c1-12-8-18(26-4)19(27-5)9-14(12)11-24(3)13(2)20(25)23-15-6-7-17(22)16(21)10-15/h6-10,13H,11H2,1-5H3,(H,23,25)/t13-/m1/s1. The highest BCUT2D eigenvalue weighted by Gasteiger charge is 2.20. The van der Waals surface area contributed by atoms with Gasteiger partial charge in [-0.2, -0.15) is 0 Å². The molecule has 1 N–H and O–H groups in total. The maximum atomic E-state index is 13.2. The number of ether oxygens (including phenoxy) is 2. The normalized spacial score (nSPS) is 12.0. The predicted molar refractivity (Wildman–Crippen MR) is 105 cm³/mol. The zero-order valence-corrected chi connectivity index (χ0v) is 16.9. The van der Waals surface area contributed by atoms with Crippen molar-refractivity contribution in [2.75, 3.05) is 26.6 Å². The number of amides is 1. The van der Waals surface area contributed by atoms with E-state index in [1.807, 2.05) is 31.0 Å². The van der Waals surface area contributed by atoms with Crippen LogP contribution in [-0.2, 0) is 11.3 Å². The van der Waals surface area contributed by atoms with Crippen molar-refractivity contribution in [2.45, 2.75) is 26.4 Å². The molecule has 0 aromatic heterocycles. The van der Waals surface area contributed by atoms with Crippen LogP contribution in [0.1, 0.15) is 18.1 Å². The molecule has 0 fully saturated rings. The summed E-state index contributed by atoms with van der Waals surface area (Å²) in [6, 6.07) is 7.49. The highest BCUT2D eigenvalue weighted by atomic mass is 35.5. The van der Waals surface area contributed by atoms with Crippen molar-refractivity contribution in [1.29, 1.82) is 0 Å². The summed E-state index contributed by atoms with van der Waals surface area (Å²) in [5.74, 6) is 0.576. The van der Waals surface area contributed by atoms with Crippen LogP contribution >= 0.6 is 11.6 Å². The van der Waals surface area contributed by atoms with Crippen LogP contribution in [-0.4, -0.2) is 38.1 Å². The van der Waals surface area contributed by atoms with Gasteiger partial charge in [0.25, 0.3) is 0 Å². The third-order valence-corrected chi connectivity index (χ3v) is 4.78. The lowest BCUT2D eigenvalue weighted by Gasteiger charge is -2.25. The van der Waals surface area contributed by atoms with Crippen LogP contribution in [0.4, 0.5) is 10.1 Å². The number of hydrogen-bond donors (Lipinski definition) is 1. The van der Waals surface area contributed by atoms with Crippen LogP contribution < -0.4 is 14.8 Å². The van der Waals surface area contributed by atoms with Gasteiger partial charge in [-0.15, -0.1) is 0 Å². The lowest BCUT2D eigenvalue weighted by Crippen LogP contribution is -2.39. The molecule has 0 bridgehead atoms. The molecule has 0 heterocycles. The summed E-state index contributed by atoms with van der Waals surface area (Å²) >= 11 is 5.76. The molecule has 2 aromatic rings. The summed E-state index contributed by atoms with van der Waals surface area (Å²) in [7, 11) is 5.04. The lowest BCUT2D eigenvalue weighted by molar-refractivity contribution is -0.120. The summed E-state index contributed by atoms with van der Waals surface area (Å²) in [6.07, 6.45) is 0.